The fraction of sp³-hybridized carbons (Fsp3) is 0.333. The Morgan fingerprint density at radius 2 is 1.68 bits per heavy atom. The van der Waals surface area contributed by atoms with Crippen LogP contribution in [0.1, 0.15) is 34.6 Å². The van der Waals surface area contributed by atoms with Crippen LogP contribution in [0.5, 0.6) is 0 Å². The predicted molar refractivity (Wildman–Crippen MR) is 69.5 cm³/mol. The summed E-state index contributed by atoms with van der Waals surface area (Å²) in [5.41, 5.74) is -0.188. The van der Waals surface area contributed by atoms with Gasteiger partial charge in [-0.3, -0.25) is 0 Å². The number of thiol groups is 1. The molecule has 1 aromatic carbocycles. The Kier molecular flexibility index (Phi) is 17.2. The van der Waals surface area contributed by atoms with Gasteiger partial charge < -0.3 is 20.5 Å². The third kappa shape index (κ3) is 11.0. The van der Waals surface area contributed by atoms with E-state index in [1.807, 2.05) is 0 Å². The fourth-order valence-electron chi connectivity index (χ4n) is 1.00. The molecule has 0 aliphatic rings. The van der Waals surface area contributed by atoms with Crippen molar-refractivity contribution < 1.29 is 54.8 Å². The molecule has 0 saturated heterocycles. The number of rotatable bonds is 4. The van der Waals surface area contributed by atoms with Crippen LogP contribution in [0.2, 0.25) is 0 Å². The molecule has 0 aliphatic carbocycles. The molecule has 0 heterocycles. The molecule has 7 heteroatoms. The Morgan fingerprint density at radius 3 is 2.00 bits per heavy atom. The molecule has 0 aromatic heterocycles. The van der Waals surface area contributed by atoms with Crippen molar-refractivity contribution in [3.63, 3.8) is 0 Å². The molecule has 0 bridgehead atoms. The molecule has 5 nitrogen and oxygen atoms in total. The van der Waals surface area contributed by atoms with Gasteiger partial charge in [0.15, 0.2) is 0 Å². The first-order valence-corrected chi connectivity index (χ1v) is 6.47. The normalized spacial score (nSPS) is 8.11. The molecule has 0 atom stereocenters. The van der Waals surface area contributed by atoms with Crippen LogP contribution in [-0.2, 0) is 11.8 Å². The van der Waals surface area contributed by atoms with Gasteiger partial charge in [0.2, 0.25) is 0 Å². The van der Waals surface area contributed by atoms with E-state index in [9.17, 15) is 14.7 Å². The molecule has 0 fully saturated rings. The summed E-state index contributed by atoms with van der Waals surface area (Å²) in [6, 6.07) is 5.00. The zero-order valence-electron chi connectivity index (χ0n) is 11.3. The van der Waals surface area contributed by atoms with Crippen molar-refractivity contribution in [2.45, 2.75) is 13.8 Å². The van der Waals surface area contributed by atoms with Gasteiger partial charge in [0.25, 0.3) is 0 Å². The van der Waals surface area contributed by atoms with Gasteiger partial charge in [0.05, 0.1) is 11.5 Å². The fourth-order valence-corrected chi connectivity index (χ4v) is 1.45. The number of hydrogen-bond acceptors (Lipinski definition) is 4. The third-order valence-electron chi connectivity index (χ3n) is 1.79. The zero-order chi connectivity index (χ0) is 13.3. The number of hydrogen-bond donors (Lipinski definition) is 1. The van der Waals surface area contributed by atoms with Crippen LogP contribution < -0.4 is 34.7 Å². The van der Waals surface area contributed by atoms with Gasteiger partial charge in [-0.25, -0.2) is 4.79 Å². The van der Waals surface area contributed by atoms with E-state index in [-0.39, 0.29) is 46.2 Å². The second kappa shape index (κ2) is 13.9. The van der Waals surface area contributed by atoms with Crippen LogP contribution in [0.25, 0.3) is 0 Å². The SMILES string of the molecule is CC[SH+]CC.O=C([O-])c1cccc(C(=O)O)c1.[Na+].[OH-]. The summed E-state index contributed by atoms with van der Waals surface area (Å²) in [7, 11) is 0. The minimum atomic E-state index is -1.38. The average molecular weight is 296 g/mol. The van der Waals surface area contributed by atoms with Crippen molar-refractivity contribution in [1.82, 2.24) is 0 Å². The molecule has 0 unspecified atom stereocenters. The maximum atomic E-state index is 10.4. The Hall–Kier alpha value is -0.530. The van der Waals surface area contributed by atoms with Gasteiger partial charge in [0.1, 0.15) is 11.5 Å². The predicted octanol–water partition coefficient (Wildman–Crippen LogP) is -2.58. The van der Waals surface area contributed by atoms with E-state index in [0.29, 0.717) is 0 Å². The van der Waals surface area contributed by atoms with Gasteiger partial charge >= 0.3 is 35.5 Å². The van der Waals surface area contributed by atoms with E-state index in [0.717, 1.165) is 6.07 Å². The van der Waals surface area contributed by atoms with E-state index in [2.05, 4.69) is 13.8 Å². The minimum absolute atomic E-state index is 0. The summed E-state index contributed by atoms with van der Waals surface area (Å²) in [5, 5.41) is 18.7. The molecule has 0 spiro atoms. The summed E-state index contributed by atoms with van der Waals surface area (Å²) in [6.07, 6.45) is 0. The monoisotopic (exact) mass is 296 g/mol. The van der Waals surface area contributed by atoms with E-state index in [1.54, 1.807) is 11.8 Å². The number of benzene rings is 1. The molecule has 1 rings (SSSR count). The average Bonchev–Trinajstić information content (AvgIpc) is 2.31. The van der Waals surface area contributed by atoms with Crippen molar-refractivity contribution in [2.24, 2.45) is 0 Å². The van der Waals surface area contributed by atoms with Crippen LogP contribution >= 0.6 is 0 Å². The quantitative estimate of drug-likeness (QED) is 0.373. The Balaban J connectivity index is -0.000000320. The maximum Gasteiger partial charge on any atom is 1.00 e. The second-order valence-electron chi connectivity index (χ2n) is 3.03. The van der Waals surface area contributed by atoms with E-state index >= 15 is 0 Å². The number of carbonyl (C=O) groups is 2. The summed E-state index contributed by atoms with van der Waals surface area (Å²) in [4.78, 5) is 20.6. The van der Waals surface area contributed by atoms with Crippen molar-refractivity contribution in [2.75, 3.05) is 11.5 Å². The van der Waals surface area contributed by atoms with Crippen LogP contribution in [0.3, 0.4) is 0 Å². The van der Waals surface area contributed by atoms with Crippen LogP contribution in [0.4, 0.5) is 0 Å². The van der Waals surface area contributed by atoms with Crippen LogP contribution in [-0.4, -0.2) is 34.0 Å². The first-order valence-electron chi connectivity index (χ1n) is 5.20. The Morgan fingerprint density at radius 1 is 1.21 bits per heavy atom. The summed E-state index contributed by atoms with van der Waals surface area (Å²) in [6.45, 7) is 4.40. The van der Waals surface area contributed by atoms with E-state index < -0.39 is 11.9 Å². The number of carbonyl (C=O) groups excluding carboxylic acids is 1. The number of carboxylic acids is 2. The van der Waals surface area contributed by atoms with Gasteiger partial charge in [-0.05, 0) is 43.3 Å². The molecule has 2 N–H and O–H groups in total. The first-order chi connectivity index (χ1) is 8.02. The smallest absolute Gasteiger partial charge is 0.870 e. The topological polar surface area (TPSA) is 107 Å². The van der Waals surface area contributed by atoms with Gasteiger partial charge in [-0.2, -0.15) is 0 Å². The molecular weight excluding hydrogens is 279 g/mol. The second-order valence-corrected chi connectivity index (χ2v) is 4.74. The molecule has 0 saturated carbocycles. The summed E-state index contributed by atoms with van der Waals surface area (Å²) in [5.74, 6) is 0.101. The molecule has 19 heavy (non-hydrogen) atoms. The van der Waals surface area contributed by atoms with E-state index in [4.69, 9.17) is 5.11 Å². The molecular formula is C12H17NaO5S. The number of aromatic carboxylic acids is 2. The maximum absolute atomic E-state index is 10.4. The van der Waals surface area contributed by atoms with E-state index in [1.165, 1.54) is 29.7 Å². The Bertz CT molecular complexity index is 353. The molecule has 1 aromatic rings. The molecule has 0 amide bonds. The van der Waals surface area contributed by atoms with Crippen molar-refractivity contribution in [1.29, 1.82) is 0 Å². The number of carboxylic acid groups (broad SMARTS) is 2. The van der Waals surface area contributed by atoms with Gasteiger partial charge in [-0.15, -0.1) is 0 Å². The summed E-state index contributed by atoms with van der Waals surface area (Å²) < 4.78 is 0. The first kappa shape index (κ1) is 23.6. The largest absolute Gasteiger partial charge is 1.00 e. The van der Waals surface area contributed by atoms with Crippen molar-refractivity contribution in [3.8, 4) is 0 Å². The molecule has 0 radical (unpaired) electrons. The minimum Gasteiger partial charge on any atom is -0.870 e. The Labute approximate surface area is 139 Å². The standard InChI is InChI=1S/C8H6O4.C4H10S.Na.H2O/c9-7(10)5-2-1-3-6(4-5)8(11)12;1-3-5-4-2;;/h1-4H,(H,9,10)(H,11,12);3-4H2,1-2H3;;1H2/q;;+1;/p-1. The van der Waals surface area contributed by atoms with Crippen LogP contribution in [0.15, 0.2) is 24.3 Å². The van der Waals surface area contributed by atoms with Gasteiger partial charge in [-0.1, -0.05) is 12.1 Å². The van der Waals surface area contributed by atoms with Crippen LogP contribution in [0, 0.1) is 0 Å². The molecule has 0 aliphatic heterocycles. The zero-order valence-corrected chi connectivity index (χ0v) is 14.2. The van der Waals surface area contributed by atoms with Gasteiger partial charge in [0, 0.05) is 0 Å². The van der Waals surface area contributed by atoms with Crippen molar-refractivity contribution >= 4 is 23.7 Å². The third-order valence-corrected chi connectivity index (χ3v) is 2.69. The molecule has 102 valence electrons. The summed E-state index contributed by atoms with van der Waals surface area (Å²) >= 11 is 1.58. The van der Waals surface area contributed by atoms with Crippen molar-refractivity contribution in [3.05, 3.63) is 35.4 Å².